The van der Waals surface area contributed by atoms with E-state index in [0.29, 0.717) is 5.54 Å². The number of ether oxygens (including phenoxy) is 2. The van der Waals surface area contributed by atoms with Crippen molar-refractivity contribution in [2.75, 3.05) is 26.7 Å². The normalized spacial score (nSPS) is 47.5. The molecular formula is C9H15NO2. The molecule has 12 heavy (non-hydrogen) atoms. The third-order valence-corrected chi connectivity index (χ3v) is 3.54. The Morgan fingerprint density at radius 3 is 2.00 bits per heavy atom. The average Bonchev–Trinajstić information content (AvgIpc) is 2.08. The standard InChI is InChI=1S/C9H15NO2/c1-2-12-7-10(6-11-1)9-3-8(4-9)5-9/h8H,1-7H2. The fourth-order valence-electron chi connectivity index (χ4n) is 2.60. The predicted octanol–water partition coefficient (Wildman–Crippen LogP) is 0.803. The zero-order valence-electron chi connectivity index (χ0n) is 7.29. The molecule has 68 valence electrons. The molecule has 2 bridgehead atoms. The van der Waals surface area contributed by atoms with Crippen LogP contribution in [-0.2, 0) is 9.47 Å². The predicted molar refractivity (Wildman–Crippen MR) is 43.5 cm³/mol. The molecule has 0 unspecified atom stereocenters. The van der Waals surface area contributed by atoms with E-state index in [1.54, 1.807) is 0 Å². The molecule has 3 aliphatic carbocycles. The highest BCUT2D eigenvalue weighted by Crippen LogP contribution is 2.60. The monoisotopic (exact) mass is 169 g/mol. The minimum Gasteiger partial charge on any atom is -0.364 e. The summed E-state index contributed by atoms with van der Waals surface area (Å²) in [5, 5.41) is 0. The van der Waals surface area contributed by atoms with Gasteiger partial charge < -0.3 is 9.47 Å². The minimum atomic E-state index is 0.509. The lowest BCUT2D eigenvalue weighted by molar-refractivity contribution is -0.189. The van der Waals surface area contributed by atoms with Gasteiger partial charge in [0.1, 0.15) is 13.5 Å². The van der Waals surface area contributed by atoms with E-state index in [-0.39, 0.29) is 0 Å². The maximum absolute atomic E-state index is 5.45. The van der Waals surface area contributed by atoms with Gasteiger partial charge in [-0.05, 0) is 25.2 Å². The maximum atomic E-state index is 5.45. The van der Waals surface area contributed by atoms with E-state index >= 15 is 0 Å². The van der Waals surface area contributed by atoms with Crippen molar-refractivity contribution in [2.45, 2.75) is 24.8 Å². The van der Waals surface area contributed by atoms with Crippen LogP contribution < -0.4 is 0 Å². The van der Waals surface area contributed by atoms with Crippen LogP contribution in [0.1, 0.15) is 19.3 Å². The van der Waals surface area contributed by atoms with Gasteiger partial charge in [-0.2, -0.15) is 0 Å². The van der Waals surface area contributed by atoms with Crippen molar-refractivity contribution >= 4 is 0 Å². The molecule has 0 amide bonds. The fraction of sp³-hybridized carbons (Fsp3) is 1.00. The summed E-state index contributed by atoms with van der Waals surface area (Å²) >= 11 is 0. The van der Waals surface area contributed by atoms with Crippen LogP contribution in [0.2, 0.25) is 0 Å². The first kappa shape index (κ1) is 7.30. The van der Waals surface area contributed by atoms with E-state index in [2.05, 4.69) is 4.90 Å². The minimum absolute atomic E-state index is 0.509. The number of nitrogens with zero attached hydrogens (tertiary/aromatic N) is 1. The summed E-state index contributed by atoms with van der Waals surface area (Å²) in [4.78, 5) is 2.38. The third-order valence-electron chi connectivity index (χ3n) is 3.54. The van der Waals surface area contributed by atoms with Crippen LogP contribution in [0.25, 0.3) is 0 Å². The van der Waals surface area contributed by atoms with Crippen molar-refractivity contribution in [1.29, 1.82) is 0 Å². The quantitative estimate of drug-likeness (QED) is 0.579. The largest absolute Gasteiger partial charge is 0.364 e. The van der Waals surface area contributed by atoms with Crippen molar-refractivity contribution in [2.24, 2.45) is 5.92 Å². The Morgan fingerprint density at radius 1 is 1.00 bits per heavy atom. The van der Waals surface area contributed by atoms with Gasteiger partial charge in [-0.1, -0.05) is 0 Å². The molecule has 0 aromatic rings. The summed E-state index contributed by atoms with van der Waals surface area (Å²) in [5.41, 5.74) is 0.509. The molecule has 3 heteroatoms. The van der Waals surface area contributed by atoms with Crippen LogP contribution in [0.5, 0.6) is 0 Å². The van der Waals surface area contributed by atoms with Crippen LogP contribution in [0.15, 0.2) is 0 Å². The Balaban J connectivity index is 1.66. The second-order valence-electron chi connectivity index (χ2n) is 4.32. The van der Waals surface area contributed by atoms with Gasteiger partial charge in [0, 0.05) is 5.54 Å². The highest BCUT2D eigenvalue weighted by molar-refractivity contribution is 5.14. The van der Waals surface area contributed by atoms with Crippen molar-refractivity contribution in [3.63, 3.8) is 0 Å². The van der Waals surface area contributed by atoms with Crippen molar-refractivity contribution in [1.82, 2.24) is 4.90 Å². The van der Waals surface area contributed by atoms with E-state index in [1.807, 2.05) is 0 Å². The summed E-state index contributed by atoms with van der Waals surface area (Å²) in [6.45, 7) is 3.09. The highest BCUT2D eigenvalue weighted by Gasteiger charge is 2.59. The highest BCUT2D eigenvalue weighted by atomic mass is 16.6. The zero-order valence-corrected chi connectivity index (χ0v) is 7.29. The van der Waals surface area contributed by atoms with E-state index in [1.165, 1.54) is 19.3 Å². The van der Waals surface area contributed by atoms with Gasteiger partial charge in [-0.3, -0.25) is 4.90 Å². The molecule has 0 N–H and O–H groups in total. The Kier molecular flexibility index (Phi) is 1.48. The molecule has 3 nitrogen and oxygen atoms in total. The van der Waals surface area contributed by atoms with Crippen LogP contribution in [0.3, 0.4) is 0 Å². The van der Waals surface area contributed by atoms with Crippen LogP contribution in [0.4, 0.5) is 0 Å². The smallest absolute Gasteiger partial charge is 0.101 e. The average molecular weight is 169 g/mol. The second-order valence-corrected chi connectivity index (χ2v) is 4.32. The first-order chi connectivity index (χ1) is 5.89. The van der Waals surface area contributed by atoms with E-state index in [4.69, 9.17) is 9.47 Å². The first-order valence-corrected chi connectivity index (χ1v) is 4.80. The molecule has 0 aromatic heterocycles. The Hall–Kier alpha value is -0.120. The van der Waals surface area contributed by atoms with Crippen molar-refractivity contribution < 1.29 is 9.47 Å². The zero-order chi connectivity index (χ0) is 8.02. The second kappa shape index (κ2) is 2.44. The lowest BCUT2D eigenvalue weighted by Crippen LogP contribution is -2.68. The molecule has 4 aliphatic rings. The molecule has 1 aliphatic heterocycles. The Bertz CT molecular complexity index is 170. The lowest BCUT2D eigenvalue weighted by atomic mass is 9.49. The topological polar surface area (TPSA) is 21.7 Å². The number of rotatable bonds is 1. The molecule has 1 saturated heterocycles. The van der Waals surface area contributed by atoms with Gasteiger partial charge in [0.2, 0.25) is 0 Å². The molecule has 0 atom stereocenters. The van der Waals surface area contributed by atoms with Crippen LogP contribution in [0, 0.1) is 5.92 Å². The van der Waals surface area contributed by atoms with Gasteiger partial charge in [-0.15, -0.1) is 0 Å². The maximum Gasteiger partial charge on any atom is 0.101 e. The van der Waals surface area contributed by atoms with Crippen molar-refractivity contribution in [3.8, 4) is 0 Å². The lowest BCUT2D eigenvalue weighted by Gasteiger charge is -2.66. The SMILES string of the molecule is C1COCN(C23CC(C2)C3)CO1. The molecule has 0 spiro atoms. The van der Waals surface area contributed by atoms with Crippen molar-refractivity contribution in [3.05, 3.63) is 0 Å². The molecule has 4 fully saturated rings. The van der Waals surface area contributed by atoms with E-state index < -0.39 is 0 Å². The summed E-state index contributed by atoms with van der Waals surface area (Å²) in [5.74, 6) is 1.04. The van der Waals surface area contributed by atoms with E-state index in [9.17, 15) is 0 Å². The first-order valence-electron chi connectivity index (χ1n) is 4.80. The Morgan fingerprint density at radius 2 is 1.58 bits per heavy atom. The molecular weight excluding hydrogens is 154 g/mol. The molecule has 0 aromatic carbocycles. The van der Waals surface area contributed by atoms with E-state index in [0.717, 1.165) is 32.6 Å². The summed E-state index contributed by atoms with van der Waals surface area (Å²) in [6, 6.07) is 0. The number of hydrogen-bond acceptors (Lipinski definition) is 3. The number of hydrogen-bond donors (Lipinski definition) is 0. The molecule has 3 saturated carbocycles. The Labute approximate surface area is 72.6 Å². The summed E-state index contributed by atoms with van der Waals surface area (Å²) < 4.78 is 10.9. The van der Waals surface area contributed by atoms with Gasteiger partial charge in [0.05, 0.1) is 13.2 Å². The summed E-state index contributed by atoms with van der Waals surface area (Å²) in [7, 11) is 0. The van der Waals surface area contributed by atoms with Gasteiger partial charge in [0.15, 0.2) is 0 Å². The molecule has 0 radical (unpaired) electrons. The van der Waals surface area contributed by atoms with Crippen LogP contribution in [-0.4, -0.2) is 37.1 Å². The molecule has 4 rings (SSSR count). The van der Waals surface area contributed by atoms with Gasteiger partial charge in [0.25, 0.3) is 0 Å². The fourth-order valence-corrected chi connectivity index (χ4v) is 2.60. The summed E-state index contributed by atoms with van der Waals surface area (Å²) in [6.07, 6.45) is 4.17. The molecule has 1 heterocycles. The van der Waals surface area contributed by atoms with Gasteiger partial charge in [-0.25, -0.2) is 0 Å². The van der Waals surface area contributed by atoms with Crippen LogP contribution >= 0.6 is 0 Å². The van der Waals surface area contributed by atoms with Gasteiger partial charge >= 0.3 is 0 Å². The third kappa shape index (κ3) is 0.873.